The Morgan fingerprint density at radius 1 is 1.20 bits per heavy atom. The van der Waals surface area contributed by atoms with E-state index in [1.54, 1.807) is 7.11 Å². The largest absolute Gasteiger partial charge is 0.497 e. The molecule has 0 amide bonds. The standard InChI is InChI=1S/C15H15Br2NO2/c1-20-12-5-6-14(17)13(8-12)15(9-19)18-11-4-2-3-10(16)7-11/h2-8,15,18-19H,9H2,1H3. The number of methoxy groups -OCH3 is 1. The van der Waals surface area contributed by atoms with Crippen molar-refractivity contribution in [2.75, 3.05) is 19.0 Å². The summed E-state index contributed by atoms with van der Waals surface area (Å²) in [5, 5.41) is 13.0. The lowest BCUT2D eigenvalue weighted by Crippen LogP contribution is -2.15. The van der Waals surface area contributed by atoms with E-state index in [-0.39, 0.29) is 12.6 Å². The molecule has 2 aromatic rings. The van der Waals surface area contributed by atoms with Gasteiger partial charge in [0.15, 0.2) is 0 Å². The van der Waals surface area contributed by atoms with Crippen molar-refractivity contribution in [3.63, 3.8) is 0 Å². The molecule has 20 heavy (non-hydrogen) atoms. The van der Waals surface area contributed by atoms with Crippen LogP contribution in [0.3, 0.4) is 0 Å². The fraction of sp³-hybridized carbons (Fsp3) is 0.200. The predicted molar refractivity (Wildman–Crippen MR) is 88.3 cm³/mol. The van der Waals surface area contributed by atoms with Gasteiger partial charge in [0.1, 0.15) is 5.75 Å². The van der Waals surface area contributed by atoms with E-state index in [0.29, 0.717) is 0 Å². The summed E-state index contributed by atoms with van der Waals surface area (Å²) in [6.45, 7) is -0.0156. The molecule has 0 saturated carbocycles. The van der Waals surface area contributed by atoms with E-state index < -0.39 is 0 Å². The van der Waals surface area contributed by atoms with Gasteiger partial charge < -0.3 is 15.2 Å². The van der Waals surface area contributed by atoms with Crippen molar-refractivity contribution in [1.29, 1.82) is 0 Å². The average molecular weight is 401 g/mol. The maximum Gasteiger partial charge on any atom is 0.119 e. The highest BCUT2D eigenvalue weighted by atomic mass is 79.9. The summed E-state index contributed by atoms with van der Waals surface area (Å²) in [5.41, 5.74) is 1.89. The number of halogens is 2. The van der Waals surface area contributed by atoms with Gasteiger partial charge in [-0.25, -0.2) is 0 Å². The SMILES string of the molecule is COc1ccc(Br)c(C(CO)Nc2cccc(Br)c2)c1. The van der Waals surface area contributed by atoms with Gasteiger partial charge in [-0.1, -0.05) is 37.9 Å². The van der Waals surface area contributed by atoms with E-state index in [1.165, 1.54) is 0 Å². The molecule has 0 saturated heterocycles. The van der Waals surface area contributed by atoms with Crippen molar-refractivity contribution in [2.24, 2.45) is 0 Å². The summed E-state index contributed by atoms with van der Waals surface area (Å²) in [5.74, 6) is 0.762. The minimum atomic E-state index is -0.214. The number of hydrogen-bond donors (Lipinski definition) is 2. The lowest BCUT2D eigenvalue weighted by molar-refractivity contribution is 0.275. The number of benzene rings is 2. The van der Waals surface area contributed by atoms with Gasteiger partial charge in [-0.3, -0.25) is 0 Å². The van der Waals surface area contributed by atoms with Crippen molar-refractivity contribution in [3.8, 4) is 5.75 Å². The molecule has 3 nitrogen and oxygen atoms in total. The van der Waals surface area contributed by atoms with Gasteiger partial charge in [-0.15, -0.1) is 0 Å². The van der Waals surface area contributed by atoms with Crippen molar-refractivity contribution in [2.45, 2.75) is 6.04 Å². The molecular formula is C15H15Br2NO2. The van der Waals surface area contributed by atoms with Crippen molar-refractivity contribution < 1.29 is 9.84 Å². The molecular weight excluding hydrogens is 386 g/mol. The van der Waals surface area contributed by atoms with Gasteiger partial charge in [0.05, 0.1) is 19.8 Å². The van der Waals surface area contributed by atoms with E-state index in [2.05, 4.69) is 37.2 Å². The molecule has 0 radical (unpaired) electrons. The maximum atomic E-state index is 9.66. The van der Waals surface area contributed by atoms with Crippen LogP contribution in [0.5, 0.6) is 5.75 Å². The summed E-state index contributed by atoms with van der Waals surface area (Å²) >= 11 is 6.95. The van der Waals surface area contributed by atoms with Crippen LogP contribution in [0.25, 0.3) is 0 Å². The highest BCUT2D eigenvalue weighted by Gasteiger charge is 2.14. The highest BCUT2D eigenvalue weighted by molar-refractivity contribution is 9.10. The molecule has 0 spiro atoms. The number of ether oxygens (including phenoxy) is 1. The molecule has 0 bridgehead atoms. The Hall–Kier alpha value is -1.04. The Bertz CT molecular complexity index is 590. The highest BCUT2D eigenvalue weighted by Crippen LogP contribution is 2.30. The topological polar surface area (TPSA) is 41.5 Å². The molecule has 2 N–H and O–H groups in total. The summed E-state index contributed by atoms with van der Waals surface area (Å²) in [6, 6.07) is 13.3. The zero-order valence-corrected chi connectivity index (χ0v) is 14.1. The Balaban J connectivity index is 2.28. The summed E-state index contributed by atoms with van der Waals surface area (Å²) < 4.78 is 7.16. The molecule has 5 heteroatoms. The lowest BCUT2D eigenvalue weighted by atomic mass is 10.1. The fourth-order valence-corrected chi connectivity index (χ4v) is 2.84. The predicted octanol–water partition coefficient (Wildman–Crippen LogP) is 4.37. The number of nitrogens with one attached hydrogen (secondary N) is 1. The average Bonchev–Trinajstić information content (AvgIpc) is 2.46. The first-order chi connectivity index (χ1) is 9.63. The minimum Gasteiger partial charge on any atom is -0.497 e. The normalized spacial score (nSPS) is 12.0. The number of anilines is 1. The maximum absolute atomic E-state index is 9.66. The van der Waals surface area contributed by atoms with Crippen LogP contribution in [0.15, 0.2) is 51.4 Å². The molecule has 106 valence electrons. The number of hydrogen-bond acceptors (Lipinski definition) is 3. The van der Waals surface area contributed by atoms with Gasteiger partial charge in [0.25, 0.3) is 0 Å². The Labute approximate surface area is 135 Å². The number of aliphatic hydroxyl groups excluding tert-OH is 1. The third-order valence-electron chi connectivity index (χ3n) is 2.93. The van der Waals surface area contributed by atoms with Crippen LogP contribution >= 0.6 is 31.9 Å². The monoisotopic (exact) mass is 399 g/mol. The van der Waals surface area contributed by atoms with Crippen LogP contribution in [0, 0.1) is 0 Å². The third kappa shape index (κ3) is 3.75. The summed E-state index contributed by atoms with van der Waals surface area (Å²) in [6.07, 6.45) is 0. The van der Waals surface area contributed by atoms with Crippen LogP contribution < -0.4 is 10.1 Å². The van der Waals surface area contributed by atoms with Crippen LogP contribution in [0.4, 0.5) is 5.69 Å². The molecule has 2 rings (SSSR count). The Morgan fingerprint density at radius 3 is 2.65 bits per heavy atom. The Morgan fingerprint density at radius 2 is 2.00 bits per heavy atom. The quantitative estimate of drug-likeness (QED) is 0.783. The molecule has 0 heterocycles. The lowest BCUT2D eigenvalue weighted by Gasteiger charge is -2.20. The van der Waals surface area contributed by atoms with Gasteiger partial charge in [0.2, 0.25) is 0 Å². The second-order valence-electron chi connectivity index (χ2n) is 4.28. The van der Waals surface area contributed by atoms with Crippen molar-refractivity contribution >= 4 is 37.5 Å². The first-order valence-corrected chi connectivity index (χ1v) is 7.69. The Kier molecular flexibility index (Phi) is 5.46. The van der Waals surface area contributed by atoms with Crippen molar-refractivity contribution in [1.82, 2.24) is 0 Å². The molecule has 0 aliphatic rings. The van der Waals surface area contributed by atoms with Gasteiger partial charge in [-0.2, -0.15) is 0 Å². The molecule has 0 fully saturated rings. The fourth-order valence-electron chi connectivity index (χ4n) is 1.92. The first-order valence-electron chi connectivity index (χ1n) is 6.10. The van der Waals surface area contributed by atoms with Gasteiger partial charge >= 0.3 is 0 Å². The van der Waals surface area contributed by atoms with Crippen LogP contribution in [-0.4, -0.2) is 18.8 Å². The van der Waals surface area contributed by atoms with E-state index in [0.717, 1.165) is 25.9 Å². The number of rotatable bonds is 5. The molecule has 1 atom stereocenters. The second kappa shape index (κ2) is 7.11. The summed E-state index contributed by atoms with van der Waals surface area (Å²) in [4.78, 5) is 0. The number of aliphatic hydroxyl groups is 1. The first kappa shape index (κ1) is 15.4. The zero-order chi connectivity index (χ0) is 14.5. The van der Waals surface area contributed by atoms with Crippen molar-refractivity contribution in [3.05, 3.63) is 57.0 Å². The van der Waals surface area contributed by atoms with Gasteiger partial charge in [0, 0.05) is 14.6 Å². The molecule has 0 aromatic heterocycles. The van der Waals surface area contributed by atoms with E-state index in [1.807, 2.05) is 42.5 Å². The zero-order valence-electron chi connectivity index (χ0n) is 10.9. The van der Waals surface area contributed by atoms with Crippen LogP contribution in [0.2, 0.25) is 0 Å². The van der Waals surface area contributed by atoms with E-state index in [9.17, 15) is 5.11 Å². The van der Waals surface area contributed by atoms with E-state index in [4.69, 9.17) is 4.74 Å². The molecule has 1 unspecified atom stereocenters. The van der Waals surface area contributed by atoms with E-state index >= 15 is 0 Å². The smallest absolute Gasteiger partial charge is 0.119 e. The van der Waals surface area contributed by atoms with Gasteiger partial charge in [-0.05, 0) is 42.0 Å². The molecule has 2 aromatic carbocycles. The van der Waals surface area contributed by atoms with Crippen LogP contribution in [0.1, 0.15) is 11.6 Å². The molecule has 0 aliphatic carbocycles. The van der Waals surface area contributed by atoms with Crippen LogP contribution in [-0.2, 0) is 0 Å². The molecule has 0 aliphatic heterocycles. The third-order valence-corrected chi connectivity index (χ3v) is 4.14. The minimum absolute atomic E-state index is 0.0156. The summed E-state index contributed by atoms with van der Waals surface area (Å²) in [7, 11) is 1.63. The second-order valence-corrected chi connectivity index (χ2v) is 6.05.